The topological polar surface area (TPSA) is 82.1 Å². The highest BCUT2D eigenvalue weighted by Gasteiger charge is 2.54. The van der Waals surface area contributed by atoms with Gasteiger partial charge in [-0.25, -0.2) is 14.0 Å². The highest BCUT2D eigenvalue weighted by Crippen LogP contribution is 2.56. The maximum Gasteiger partial charge on any atom is 0.414 e. The summed E-state index contributed by atoms with van der Waals surface area (Å²) in [5, 5.41) is 12.7. The highest BCUT2D eigenvalue weighted by atomic mass is 19.1. The van der Waals surface area contributed by atoms with Gasteiger partial charge in [-0.3, -0.25) is 9.80 Å². The van der Waals surface area contributed by atoms with Crippen molar-refractivity contribution in [3.05, 3.63) is 29.6 Å². The number of carbonyl (C=O) groups excluding carboxylic acids is 1. The normalized spacial score (nSPS) is 28.9. The molecule has 4 atom stereocenters. The van der Waals surface area contributed by atoms with E-state index in [4.69, 9.17) is 4.74 Å². The van der Waals surface area contributed by atoms with Crippen LogP contribution in [0.25, 0.3) is 0 Å². The van der Waals surface area contributed by atoms with Gasteiger partial charge in [-0.1, -0.05) is 6.07 Å². The number of nitrogens with one attached hydrogen (secondary N) is 1. The Bertz CT molecular complexity index is 799. The first-order valence-corrected chi connectivity index (χ1v) is 9.65. The Hall–Kier alpha value is -2.35. The number of hydrogen-bond donors (Lipinski definition) is 2. The van der Waals surface area contributed by atoms with E-state index in [0.29, 0.717) is 23.1 Å². The van der Waals surface area contributed by atoms with Crippen molar-refractivity contribution >= 4 is 17.9 Å². The van der Waals surface area contributed by atoms with Crippen LogP contribution in [0, 0.1) is 17.7 Å². The number of ether oxygens (including phenoxy) is 1. The van der Waals surface area contributed by atoms with Crippen LogP contribution in [0.4, 0.5) is 19.7 Å². The van der Waals surface area contributed by atoms with Crippen LogP contribution in [-0.4, -0.2) is 60.0 Å². The van der Waals surface area contributed by atoms with Crippen LogP contribution in [0.2, 0.25) is 0 Å². The lowest BCUT2D eigenvalue weighted by Gasteiger charge is -2.34. The first-order valence-electron chi connectivity index (χ1n) is 9.65. The lowest BCUT2D eigenvalue weighted by molar-refractivity contribution is 0.0605. The van der Waals surface area contributed by atoms with Crippen LogP contribution < -0.4 is 10.2 Å². The van der Waals surface area contributed by atoms with Gasteiger partial charge in [-0.2, -0.15) is 0 Å². The van der Waals surface area contributed by atoms with E-state index < -0.39 is 23.8 Å². The van der Waals surface area contributed by atoms with E-state index in [2.05, 4.69) is 5.32 Å². The monoisotopic (exact) mass is 391 g/mol. The van der Waals surface area contributed by atoms with E-state index in [1.165, 1.54) is 15.9 Å². The van der Waals surface area contributed by atoms with Crippen LogP contribution >= 0.6 is 0 Å². The maximum atomic E-state index is 14.7. The van der Waals surface area contributed by atoms with Crippen molar-refractivity contribution in [2.45, 2.75) is 38.3 Å². The summed E-state index contributed by atoms with van der Waals surface area (Å²) >= 11 is 0. The van der Waals surface area contributed by atoms with E-state index in [1.807, 2.05) is 0 Å². The van der Waals surface area contributed by atoms with Gasteiger partial charge in [0.15, 0.2) is 0 Å². The Morgan fingerprint density at radius 3 is 2.61 bits per heavy atom. The molecule has 1 saturated carbocycles. The van der Waals surface area contributed by atoms with Crippen molar-refractivity contribution in [2.75, 3.05) is 31.1 Å². The van der Waals surface area contributed by atoms with Gasteiger partial charge in [0.25, 0.3) is 0 Å². The maximum absolute atomic E-state index is 14.7. The largest absolute Gasteiger partial charge is 0.465 e. The molecule has 3 aliphatic rings. The number of halogens is 1. The molecule has 7 nitrogen and oxygen atoms in total. The second-order valence-corrected chi connectivity index (χ2v) is 8.90. The molecule has 1 unspecified atom stereocenters. The smallest absolute Gasteiger partial charge is 0.414 e. The second kappa shape index (κ2) is 6.62. The molecule has 1 aliphatic carbocycles. The molecule has 1 aromatic rings. The van der Waals surface area contributed by atoms with E-state index in [-0.39, 0.29) is 24.8 Å². The Morgan fingerprint density at radius 2 is 2.04 bits per heavy atom. The molecule has 0 bridgehead atoms. The summed E-state index contributed by atoms with van der Waals surface area (Å²) < 4.78 is 20.1. The predicted molar refractivity (Wildman–Crippen MR) is 101 cm³/mol. The van der Waals surface area contributed by atoms with Crippen LogP contribution in [0.5, 0.6) is 0 Å². The molecule has 0 spiro atoms. The SMILES string of the molecule is CC(C)(C)N(C[C@@H]1CN(c2ccc(C3[C@H]4CNC[C@@H]34)c(F)c2)C(=O)O1)C(=O)O. The van der Waals surface area contributed by atoms with Gasteiger partial charge in [-0.15, -0.1) is 0 Å². The van der Waals surface area contributed by atoms with Crippen molar-refractivity contribution in [3.63, 3.8) is 0 Å². The number of fused-ring (bicyclic) bond motifs is 1. The lowest BCUT2D eigenvalue weighted by atomic mass is 10.1. The predicted octanol–water partition coefficient (Wildman–Crippen LogP) is 2.86. The van der Waals surface area contributed by atoms with E-state index in [0.717, 1.165) is 13.1 Å². The lowest BCUT2D eigenvalue weighted by Crippen LogP contribution is -2.49. The molecule has 8 heteroatoms. The zero-order valence-electron chi connectivity index (χ0n) is 16.3. The molecule has 1 aromatic carbocycles. The summed E-state index contributed by atoms with van der Waals surface area (Å²) in [6, 6.07) is 4.91. The number of piperidine rings is 1. The zero-order chi connectivity index (χ0) is 20.2. The van der Waals surface area contributed by atoms with Crippen molar-refractivity contribution in [2.24, 2.45) is 11.8 Å². The Kier molecular flexibility index (Phi) is 4.49. The number of carboxylic acid groups (broad SMARTS) is 1. The van der Waals surface area contributed by atoms with Crippen molar-refractivity contribution in [1.29, 1.82) is 0 Å². The minimum absolute atomic E-state index is 0.0695. The first-order chi connectivity index (χ1) is 13.2. The summed E-state index contributed by atoms with van der Waals surface area (Å²) in [5.41, 5.74) is 0.542. The molecule has 152 valence electrons. The van der Waals surface area contributed by atoms with Crippen LogP contribution in [-0.2, 0) is 4.74 Å². The van der Waals surface area contributed by atoms with Crippen molar-refractivity contribution < 1.29 is 23.8 Å². The number of carbonyl (C=O) groups is 2. The fraction of sp³-hybridized carbons (Fsp3) is 0.600. The summed E-state index contributed by atoms with van der Waals surface area (Å²) in [4.78, 5) is 26.4. The molecular formula is C20H26FN3O4. The fourth-order valence-corrected chi connectivity index (χ4v) is 4.50. The summed E-state index contributed by atoms with van der Waals surface area (Å²) in [6.45, 7) is 7.48. The second-order valence-electron chi connectivity index (χ2n) is 8.90. The number of benzene rings is 1. The molecule has 2 N–H and O–H groups in total. The summed E-state index contributed by atoms with van der Waals surface area (Å²) in [5.74, 6) is 1.00. The van der Waals surface area contributed by atoms with Gasteiger partial charge in [0.2, 0.25) is 0 Å². The van der Waals surface area contributed by atoms with Gasteiger partial charge in [-0.05, 0) is 69.3 Å². The van der Waals surface area contributed by atoms with Crippen LogP contribution in [0.3, 0.4) is 0 Å². The molecule has 2 saturated heterocycles. The van der Waals surface area contributed by atoms with Gasteiger partial charge >= 0.3 is 12.2 Å². The fourth-order valence-electron chi connectivity index (χ4n) is 4.50. The number of hydrogen-bond acceptors (Lipinski definition) is 4. The number of nitrogens with zero attached hydrogens (tertiary/aromatic N) is 2. The zero-order valence-corrected chi connectivity index (χ0v) is 16.3. The quantitative estimate of drug-likeness (QED) is 0.825. The van der Waals surface area contributed by atoms with Gasteiger partial charge < -0.3 is 15.2 Å². The van der Waals surface area contributed by atoms with E-state index in [1.54, 1.807) is 32.9 Å². The first kappa shape index (κ1) is 19.0. The molecule has 0 aromatic heterocycles. The van der Waals surface area contributed by atoms with Gasteiger partial charge in [0.05, 0.1) is 18.8 Å². The average molecular weight is 391 g/mol. The number of amides is 2. The van der Waals surface area contributed by atoms with Crippen LogP contribution in [0.15, 0.2) is 18.2 Å². The minimum Gasteiger partial charge on any atom is -0.465 e. The minimum atomic E-state index is -1.07. The Morgan fingerprint density at radius 1 is 1.36 bits per heavy atom. The standard InChI is InChI=1S/C20H26FN3O4/c1-20(2,3)24(18(25)26)10-12-9-23(19(27)28-12)11-4-5-13(16(21)6-11)17-14-7-22-8-15(14)17/h4-6,12,14-15,17,22H,7-10H2,1-3H3,(H,25,26)/t12-,14-,15+,17?/m0/s1. The third-order valence-electron chi connectivity index (χ3n) is 6.05. The number of anilines is 1. The molecule has 0 radical (unpaired) electrons. The van der Waals surface area contributed by atoms with Crippen LogP contribution in [0.1, 0.15) is 32.3 Å². The molecule has 3 fully saturated rings. The third-order valence-corrected chi connectivity index (χ3v) is 6.05. The Labute approximate surface area is 163 Å². The molecule has 4 rings (SSSR count). The molecule has 28 heavy (non-hydrogen) atoms. The Balaban J connectivity index is 1.46. The average Bonchev–Trinajstić information content (AvgIpc) is 2.93. The highest BCUT2D eigenvalue weighted by molar-refractivity contribution is 5.89. The summed E-state index contributed by atoms with van der Waals surface area (Å²) in [6.07, 6.45) is -2.25. The van der Waals surface area contributed by atoms with Crippen molar-refractivity contribution in [1.82, 2.24) is 10.2 Å². The molecule has 2 amide bonds. The van der Waals surface area contributed by atoms with Gasteiger partial charge in [0, 0.05) is 5.54 Å². The van der Waals surface area contributed by atoms with Gasteiger partial charge in [0.1, 0.15) is 11.9 Å². The van der Waals surface area contributed by atoms with E-state index >= 15 is 0 Å². The van der Waals surface area contributed by atoms with E-state index in [9.17, 15) is 19.1 Å². The molecular weight excluding hydrogens is 365 g/mol. The molecule has 2 aliphatic heterocycles. The van der Waals surface area contributed by atoms with Crippen molar-refractivity contribution in [3.8, 4) is 0 Å². The summed E-state index contributed by atoms with van der Waals surface area (Å²) in [7, 11) is 0. The molecule has 2 heterocycles. The number of rotatable bonds is 4. The third kappa shape index (κ3) is 3.30. The number of cyclic esters (lactones) is 1.